The average molecular weight is 277 g/mol. The van der Waals surface area contributed by atoms with Crippen LogP contribution < -0.4 is 5.32 Å². The molecule has 106 valence electrons. The third-order valence-corrected chi connectivity index (χ3v) is 2.87. The summed E-state index contributed by atoms with van der Waals surface area (Å²) in [5.41, 5.74) is 0.589. The molecule has 0 bridgehead atoms. The second-order valence-corrected chi connectivity index (χ2v) is 4.51. The van der Waals surface area contributed by atoms with E-state index in [0.717, 1.165) is 0 Å². The molecule has 7 heteroatoms. The van der Waals surface area contributed by atoms with Gasteiger partial charge in [-0.25, -0.2) is 0 Å². The molecular weight excluding hydrogens is 262 g/mol. The number of aromatic nitrogens is 1. The first kappa shape index (κ1) is 14.0. The van der Waals surface area contributed by atoms with Gasteiger partial charge in [0.2, 0.25) is 0 Å². The molecule has 1 atom stereocenters. The third kappa shape index (κ3) is 2.77. The molecule has 2 N–H and O–H groups in total. The smallest absolute Gasteiger partial charge is 0.293 e. The molecule has 7 nitrogen and oxygen atoms in total. The number of nitrogens with zero attached hydrogens (tertiary/aromatic N) is 1. The number of nitrogens with one attached hydrogen (secondary N) is 2. The molecule has 0 aliphatic heterocycles. The third-order valence-electron chi connectivity index (χ3n) is 2.87. The number of nitro benzene ring substituents is 1. The summed E-state index contributed by atoms with van der Waals surface area (Å²) in [5, 5.41) is 14.3. The topological polar surface area (TPSA) is 97.3 Å². The summed E-state index contributed by atoms with van der Waals surface area (Å²) in [4.78, 5) is 25.3. The van der Waals surface area contributed by atoms with Gasteiger partial charge < -0.3 is 15.0 Å². The highest BCUT2D eigenvalue weighted by Crippen LogP contribution is 2.25. The predicted molar refractivity (Wildman–Crippen MR) is 73.8 cm³/mol. The van der Waals surface area contributed by atoms with Gasteiger partial charge in [0.15, 0.2) is 0 Å². The minimum absolute atomic E-state index is 0.0495. The van der Waals surface area contributed by atoms with Gasteiger partial charge in [-0.05, 0) is 13.0 Å². The van der Waals surface area contributed by atoms with E-state index < -0.39 is 4.92 Å². The van der Waals surface area contributed by atoms with Gasteiger partial charge in [-0.15, -0.1) is 0 Å². The molecule has 0 aliphatic rings. The van der Waals surface area contributed by atoms with Gasteiger partial charge in [-0.1, -0.05) is 12.1 Å². The zero-order valence-corrected chi connectivity index (χ0v) is 11.2. The molecule has 0 aliphatic carbocycles. The van der Waals surface area contributed by atoms with Crippen LogP contribution in [0.15, 0.2) is 24.3 Å². The first-order valence-electron chi connectivity index (χ1n) is 6.09. The number of carbonyl (C=O) groups excluding carboxylic acids is 1. The summed E-state index contributed by atoms with van der Waals surface area (Å²) in [6, 6.07) is 6.15. The Bertz CT molecular complexity index is 650. The quantitative estimate of drug-likeness (QED) is 0.643. The number of non-ortho nitro benzene ring substituents is 1. The molecule has 0 spiro atoms. The largest absolute Gasteiger partial charge is 0.383 e. The highest BCUT2D eigenvalue weighted by molar-refractivity contribution is 6.00. The average Bonchev–Trinajstić information content (AvgIpc) is 2.82. The Kier molecular flexibility index (Phi) is 3.99. The molecular formula is C13H15N3O4. The zero-order valence-electron chi connectivity index (χ0n) is 11.2. The van der Waals surface area contributed by atoms with Crippen molar-refractivity contribution in [3.63, 3.8) is 0 Å². The van der Waals surface area contributed by atoms with Gasteiger partial charge in [0, 0.05) is 24.6 Å². The Labute approximate surface area is 115 Å². The first-order valence-corrected chi connectivity index (χ1v) is 6.09. The summed E-state index contributed by atoms with van der Waals surface area (Å²) in [5.74, 6) is -0.319. The number of hydrogen-bond acceptors (Lipinski definition) is 4. The number of nitro groups is 1. The van der Waals surface area contributed by atoms with Crippen LogP contribution in [0.3, 0.4) is 0 Å². The van der Waals surface area contributed by atoms with Crippen LogP contribution in [-0.2, 0) is 4.74 Å². The fourth-order valence-electron chi connectivity index (χ4n) is 2.01. The van der Waals surface area contributed by atoms with Crippen molar-refractivity contribution in [2.24, 2.45) is 0 Å². The van der Waals surface area contributed by atoms with E-state index in [1.54, 1.807) is 25.3 Å². The van der Waals surface area contributed by atoms with Gasteiger partial charge in [0.05, 0.1) is 11.5 Å². The normalized spacial score (nSPS) is 12.3. The van der Waals surface area contributed by atoms with E-state index in [1.807, 2.05) is 6.92 Å². The van der Waals surface area contributed by atoms with Gasteiger partial charge in [-0.2, -0.15) is 0 Å². The SMILES string of the molecule is COC[C@@H](C)NC(=O)c1cc2cccc([N+](=O)[O-])c2[nH]1. The Balaban J connectivity index is 2.30. The van der Waals surface area contributed by atoms with Crippen LogP contribution in [0.4, 0.5) is 5.69 Å². The predicted octanol–water partition coefficient (Wildman–Crippen LogP) is 1.84. The van der Waals surface area contributed by atoms with E-state index in [0.29, 0.717) is 17.5 Å². The summed E-state index contributed by atoms with van der Waals surface area (Å²) in [7, 11) is 1.55. The number of carbonyl (C=O) groups is 1. The van der Waals surface area contributed by atoms with Crippen molar-refractivity contribution < 1.29 is 14.5 Å². The standard InChI is InChI=1S/C13H15N3O4/c1-8(7-20-2)14-13(17)10-6-9-4-3-5-11(16(18)19)12(9)15-10/h3-6,8,15H,7H2,1-2H3,(H,14,17)/t8-/m1/s1. The van der Waals surface area contributed by atoms with Gasteiger partial charge in [-0.3, -0.25) is 14.9 Å². The molecule has 1 heterocycles. The van der Waals surface area contributed by atoms with E-state index >= 15 is 0 Å². The molecule has 0 saturated carbocycles. The number of para-hydroxylation sites is 1. The van der Waals surface area contributed by atoms with Crippen molar-refractivity contribution in [3.05, 3.63) is 40.1 Å². The van der Waals surface area contributed by atoms with Crippen LogP contribution in [0.1, 0.15) is 17.4 Å². The van der Waals surface area contributed by atoms with E-state index in [-0.39, 0.29) is 23.3 Å². The van der Waals surface area contributed by atoms with Crippen molar-refractivity contribution in [2.75, 3.05) is 13.7 Å². The number of hydrogen-bond donors (Lipinski definition) is 2. The monoisotopic (exact) mass is 277 g/mol. The minimum atomic E-state index is -0.478. The highest BCUT2D eigenvalue weighted by atomic mass is 16.6. The molecule has 0 radical (unpaired) electrons. The maximum Gasteiger partial charge on any atom is 0.293 e. The van der Waals surface area contributed by atoms with Crippen molar-refractivity contribution in [2.45, 2.75) is 13.0 Å². The number of amides is 1. The number of aromatic amines is 1. The Morgan fingerprint density at radius 3 is 2.95 bits per heavy atom. The molecule has 1 aromatic heterocycles. The van der Waals surface area contributed by atoms with E-state index in [4.69, 9.17) is 4.74 Å². The van der Waals surface area contributed by atoms with E-state index in [1.165, 1.54) is 6.07 Å². The number of rotatable bonds is 5. The van der Waals surface area contributed by atoms with Crippen molar-refractivity contribution in [1.82, 2.24) is 10.3 Å². The van der Waals surface area contributed by atoms with Crippen molar-refractivity contribution >= 4 is 22.5 Å². The second-order valence-electron chi connectivity index (χ2n) is 4.51. The fourth-order valence-corrected chi connectivity index (χ4v) is 2.01. The van der Waals surface area contributed by atoms with Crippen molar-refractivity contribution in [1.29, 1.82) is 0 Å². The van der Waals surface area contributed by atoms with Crippen LogP contribution in [-0.4, -0.2) is 35.6 Å². The molecule has 1 aromatic carbocycles. The summed E-state index contributed by atoms with van der Waals surface area (Å²) < 4.78 is 4.94. The number of methoxy groups -OCH3 is 1. The second kappa shape index (κ2) is 5.70. The molecule has 0 saturated heterocycles. The molecule has 1 amide bonds. The number of H-pyrrole nitrogens is 1. The zero-order chi connectivity index (χ0) is 14.7. The number of ether oxygens (including phenoxy) is 1. The van der Waals surface area contributed by atoms with Crippen LogP contribution in [0.5, 0.6) is 0 Å². The lowest BCUT2D eigenvalue weighted by Gasteiger charge is -2.11. The molecule has 2 rings (SSSR count). The molecule has 0 unspecified atom stereocenters. The van der Waals surface area contributed by atoms with E-state index in [9.17, 15) is 14.9 Å². The van der Waals surface area contributed by atoms with Crippen LogP contribution in [0, 0.1) is 10.1 Å². The van der Waals surface area contributed by atoms with Crippen molar-refractivity contribution in [3.8, 4) is 0 Å². The Morgan fingerprint density at radius 1 is 1.55 bits per heavy atom. The highest BCUT2D eigenvalue weighted by Gasteiger charge is 2.17. The molecule has 20 heavy (non-hydrogen) atoms. The van der Waals surface area contributed by atoms with Crippen LogP contribution >= 0.6 is 0 Å². The lowest BCUT2D eigenvalue weighted by Crippen LogP contribution is -2.35. The minimum Gasteiger partial charge on any atom is -0.383 e. The van der Waals surface area contributed by atoms with E-state index in [2.05, 4.69) is 10.3 Å². The summed E-state index contributed by atoms with van der Waals surface area (Å²) in [6.45, 7) is 2.21. The van der Waals surface area contributed by atoms with Gasteiger partial charge >= 0.3 is 0 Å². The maximum atomic E-state index is 12.0. The van der Waals surface area contributed by atoms with Gasteiger partial charge in [0.25, 0.3) is 11.6 Å². The molecule has 0 fully saturated rings. The van der Waals surface area contributed by atoms with Crippen LogP contribution in [0.25, 0.3) is 10.9 Å². The lowest BCUT2D eigenvalue weighted by molar-refractivity contribution is -0.383. The van der Waals surface area contributed by atoms with Gasteiger partial charge in [0.1, 0.15) is 11.2 Å². The number of benzene rings is 1. The fraction of sp³-hybridized carbons (Fsp3) is 0.308. The Morgan fingerprint density at radius 2 is 2.30 bits per heavy atom. The first-order chi connectivity index (χ1) is 9.52. The summed E-state index contributed by atoms with van der Waals surface area (Å²) >= 11 is 0. The van der Waals surface area contributed by atoms with Crippen LogP contribution in [0.2, 0.25) is 0 Å². The number of fused-ring (bicyclic) bond motifs is 1. The summed E-state index contributed by atoms with van der Waals surface area (Å²) in [6.07, 6.45) is 0. The maximum absolute atomic E-state index is 12.0. The Hall–Kier alpha value is -2.41. The molecule has 2 aromatic rings. The lowest BCUT2D eigenvalue weighted by atomic mass is 10.2.